The van der Waals surface area contributed by atoms with E-state index >= 15 is 0 Å². The zero-order chi connectivity index (χ0) is 21.7. The standard InChI is InChI=1S/C22H23N3O5S/c26-22(24-20-8-1-2-9-21(20)25-10-13-29-14-11-25)17-5-3-7-19(15-17)31(27,28)23-16-18-6-4-12-30-18/h1-9,12,15,23H,10-11,13-14,16H2,(H,24,26). The van der Waals surface area contributed by atoms with Gasteiger partial charge in [-0.05, 0) is 42.5 Å². The van der Waals surface area contributed by atoms with Crippen LogP contribution in [0.4, 0.5) is 11.4 Å². The van der Waals surface area contributed by atoms with E-state index in [-0.39, 0.29) is 22.9 Å². The van der Waals surface area contributed by atoms with Gasteiger partial charge in [0, 0.05) is 18.7 Å². The first-order chi connectivity index (χ1) is 15.0. The molecule has 162 valence electrons. The van der Waals surface area contributed by atoms with Crippen LogP contribution in [0.5, 0.6) is 0 Å². The molecule has 0 radical (unpaired) electrons. The van der Waals surface area contributed by atoms with E-state index in [4.69, 9.17) is 9.15 Å². The maximum absolute atomic E-state index is 12.9. The van der Waals surface area contributed by atoms with Crippen molar-refractivity contribution in [3.05, 3.63) is 78.3 Å². The van der Waals surface area contributed by atoms with Crippen molar-refractivity contribution >= 4 is 27.3 Å². The van der Waals surface area contributed by atoms with Crippen molar-refractivity contribution in [3.63, 3.8) is 0 Å². The van der Waals surface area contributed by atoms with Crippen LogP contribution in [0.2, 0.25) is 0 Å². The summed E-state index contributed by atoms with van der Waals surface area (Å²) in [6.45, 7) is 2.77. The number of nitrogens with zero attached hydrogens (tertiary/aromatic N) is 1. The third kappa shape index (κ3) is 5.13. The molecule has 3 aromatic rings. The minimum Gasteiger partial charge on any atom is -0.468 e. The second-order valence-corrected chi connectivity index (χ2v) is 8.77. The van der Waals surface area contributed by atoms with E-state index in [1.165, 1.54) is 18.4 Å². The maximum atomic E-state index is 12.9. The summed E-state index contributed by atoms with van der Waals surface area (Å²) in [7, 11) is -3.80. The number of carbonyl (C=O) groups is 1. The lowest BCUT2D eigenvalue weighted by Gasteiger charge is -2.30. The fourth-order valence-corrected chi connectivity index (χ4v) is 4.36. The van der Waals surface area contributed by atoms with Crippen molar-refractivity contribution in [1.82, 2.24) is 4.72 Å². The summed E-state index contributed by atoms with van der Waals surface area (Å²) in [5, 5.41) is 2.91. The van der Waals surface area contributed by atoms with Crippen LogP contribution in [-0.2, 0) is 21.3 Å². The number of carbonyl (C=O) groups excluding carboxylic acids is 1. The molecule has 4 rings (SSSR count). The molecule has 1 aromatic heterocycles. The number of rotatable bonds is 7. The normalized spacial score (nSPS) is 14.4. The van der Waals surface area contributed by atoms with E-state index in [2.05, 4.69) is 14.9 Å². The minimum absolute atomic E-state index is 0.00757. The largest absolute Gasteiger partial charge is 0.468 e. The summed E-state index contributed by atoms with van der Waals surface area (Å²) in [6.07, 6.45) is 1.48. The second kappa shape index (κ2) is 9.34. The summed E-state index contributed by atoms with van der Waals surface area (Å²) in [6, 6.07) is 16.8. The molecule has 2 N–H and O–H groups in total. The summed E-state index contributed by atoms with van der Waals surface area (Å²) >= 11 is 0. The van der Waals surface area contributed by atoms with Gasteiger partial charge in [0.25, 0.3) is 5.91 Å². The second-order valence-electron chi connectivity index (χ2n) is 7.00. The average Bonchev–Trinajstić information content (AvgIpc) is 3.33. The van der Waals surface area contributed by atoms with Gasteiger partial charge in [0.15, 0.2) is 0 Å². The van der Waals surface area contributed by atoms with Gasteiger partial charge in [-0.3, -0.25) is 4.79 Å². The van der Waals surface area contributed by atoms with Gasteiger partial charge < -0.3 is 19.4 Å². The van der Waals surface area contributed by atoms with E-state index in [1.54, 1.807) is 24.3 Å². The van der Waals surface area contributed by atoms with Crippen molar-refractivity contribution in [2.45, 2.75) is 11.4 Å². The summed E-state index contributed by atoms with van der Waals surface area (Å²) in [5.74, 6) is 0.112. The van der Waals surface area contributed by atoms with Gasteiger partial charge >= 0.3 is 0 Å². The molecular formula is C22H23N3O5S. The smallest absolute Gasteiger partial charge is 0.255 e. The number of anilines is 2. The van der Waals surface area contributed by atoms with Crippen LogP contribution in [0.3, 0.4) is 0 Å². The van der Waals surface area contributed by atoms with E-state index in [0.717, 1.165) is 18.8 Å². The molecule has 1 saturated heterocycles. The predicted octanol–water partition coefficient (Wildman–Crippen LogP) is 2.85. The first-order valence-electron chi connectivity index (χ1n) is 9.88. The third-order valence-corrected chi connectivity index (χ3v) is 6.33. The van der Waals surface area contributed by atoms with Crippen LogP contribution >= 0.6 is 0 Å². The topological polar surface area (TPSA) is 101 Å². The molecule has 1 aliphatic heterocycles. The molecular weight excluding hydrogens is 418 g/mol. The van der Waals surface area contributed by atoms with Gasteiger partial charge in [0.1, 0.15) is 5.76 Å². The SMILES string of the molecule is O=C(Nc1ccccc1N1CCOCC1)c1cccc(S(=O)(=O)NCc2ccco2)c1. The Morgan fingerprint density at radius 1 is 1.00 bits per heavy atom. The van der Waals surface area contributed by atoms with Gasteiger partial charge in [-0.2, -0.15) is 0 Å². The van der Waals surface area contributed by atoms with Gasteiger partial charge in [-0.15, -0.1) is 0 Å². The Kier molecular flexibility index (Phi) is 6.36. The van der Waals surface area contributed by atoms with E-state index in [1.807, 2.05) is 24.3 Å². The van der Waals surface area contributed by atoms with Crippen molar-refractivity contribution in [2.75, 3.05) is 36.5 Å². The third-order valence-electron chi connectivity index (χ3n) is 4.93. The van der Waals surface area contributed by atoms with Crippen molar-refractivity contribution in [3.8, 4) is 0 Å². The molecule has 9 heteroatoms. The van der Waals surface area contributed by atoms with E-state index in [0.29, 0.717) is 24.7 Å². The van der Waals surface area contributed by atoms with Crippen molar-refractivity contribution < 1.29 is 22.4 Å². The number of nitrogens with one attached hydrogen (secondary N) is 2. The number of furan rings is 1. The molecule has 1 aliphatic rings. The average molecular weight is 442 g/mol. The number of sulfonamides is 1. The first kappa shape index (κ1) is 21.1. The lowest BCUT2D eigenvalue weighted by Crippen LogP contribution is -2.36. The molecule has 0 bridgehead atoms. The lowest BCUT2D eigenvalue weighted by molar-refractivity contribution is 0.102. The molecule has 0 atom stereocenters. The number of hydrogen-bond acceptors (Lipinski definition) is 6. The number of hydrogen-bond donors (Lipinski definition) is 2. The van der Waals surface area contributed by atoms with Gasteiger partial charge in [0.05, 0.1) is 42.3 Å². The van der Waals surface area contributed by atoms with Crippen LogP contribution < -0.4 is 14.9 Å². The Morgan fingerprint density at radius 2 is 1.81 bits per heavy atom. The van der Waals surface area contributed by atoms with Crippen LogP contribution in [0.25, 0.3) is 0 Å². The molecule has 1 amide bonds. The quantitative estimate of drug-likeness (QED) is 0.585. The predicted molar refractivity (Wildman–Crippen MR) is 117 cm³/mol. The van der Waals surface area contributed by atoms with E-state index < -0.39 is 10.0 Å². The molecule has 8 nitrogen and oxygen atoms in total. The molecule has 31 heavy (non-hydrogen) atoms. The molecule has 0 spiro atoms. The Balaban J connectivity index is 1.50. The molecule has 0 saturated carbocycles. The highest BCUT2D eigenvalue weighted by Crippen LogP contribution is 2.27. The van der Waals surface area contributed by atoms with Gasteiger partial charge in [0.2, 0.25) is 10.0 Å². The Labute approximate surface area is 180 Å². The fraction of sp³-hybridized carbons (Fsp3) is 0.227. The van der Waals surface area contributed by atoms with E-state index in [9.17, 15) is 13.2 Å². The Bertz CT molecular complexity index is 1140. The number of para-hydroxylation sites is 2. The molecule has 0 aliphatic carbocycles. The number of morpholine rings is 1. The highest BCUT2D eigenvalue weighted by Gasteiger charge is 2.19. The van der Waals surface area contributed by atoms with Gasteiger partial charge in [-0.1, -0.05) is 18.2 Å². The van der Waals surface area contributed by atoms with Crippen molar-refractivity contribution in [1.29, 1.82) is 0 Å². The first-order valence-corrected chi connectivity index (χ1v) is 11.4. The minimum atomic E-state index is -3.80. The summed E-state index contributed by atoms with van der Waals surface area (Å²) < 4.78 is 38.3. The number of benzene rings is 2. The molecule has 0 unspecified atom stereocenters. The zero-order valence-corrected chi connectivity index (χ0v) is 17.6. The van der Waals surface area contributed by atoms with Crippen molar-refractivity contribution in [2.24, 2.45) is 0 Å². The summed E-state index contributed by atoms with van der Waals surface area (Å²) in [4.78, 5) is 15.0. The number of amides is 1. The molecule has 1 fully saturated rings. The van der Waals surface area contributed by atoms with Gasteiger partial charge in [-0.25, -0.2) is 13.1 Å². The molecule has 2 aromatic carbocycles. The monoisotopic (exact) mass is 441 g/mol. The zero-order valence-electron chi connectivity index (χ0n) is 16.8. The maximum Gasteiger partial charge on any atom is 0.255 e. The highest BCUT2D eigenvalue weighted by molar-refractivity contribution is 7.89. The summed E-state index contributed by atoms with van der Waals surface area (Å²) in [5.41, 5.74) is 1.82. The van der Waals surface area contributed by atoms with Crippen LogP contribution in [-0.4, -0.2) is 40.6 Å². The molecule has 2 heterocycles. The van der Waals surface area contributed by atoms with Crippen LogP contribution in [0.1, 0.15) is 16.1 Å². The Morgan fingerprint density at radius 3 is 2.58 bits per heavy atom. The fourth-order valence-electron chi connectivity index (χ4n) is 3.32. The Hall–Kier alpha value is -3.14. The van der Waals surface area contributed by atoms with Crippen LogP contribution in [0, 0.1) is 0 Å². The lowest BCUT2D eigenvalue weighted by atomic mass is 10.2. The highest BCUT2D eigenvalue weighted by atomic mass is 32.2. The van der Waals surface area contributed by atoms with Crippen LogP contribution in [0.15, 0.2) is 76.2 Å². The number of ether oxygens (including phenoxy) is 1.